The van der Waals surface area contributed by atoms with Crippen LogP contribution in [0.4, 0.5) is 10.1 Å². The summed E-state index contributed by atoms with van der Waals surface area (Å²) in [6, 6.07) is 13.8. The molecule has 0 atom stereocenters. The zero-order chi connectivity index (χ0) is 21.0. The average molecular weight is 437 g/mol. The van der Waals surface area contributed by atoms with Crippen LogP contribution in [-0.2, 0) is 16.8 Å². The van der Waals surface area contributed by atoms with E-state index in [1.165, 1.54) is 29.6 Å². The summed E-state index contributed by atoms with van der Waals surface area (Å²) in [5, 5.41) is 9.52. The fourth-order valence-electron chi connectivity index (χ4n) is 3.39. The standard InChI is InChI=1S/C20H22ClFN4O2S/c1-24(15-17-18(21)7-4-8-19(17)22)29(27,28)26-11-5-10-25(12-13-26)20-9-3-2-6-16(20)14-23/h2-4,6-9H,5,10-13,15H2,1H3. The number of nitriles is 1. The van der Waals surface area contributed by atoms with E-state index in [-0.39, 0.29) is 23.7 Å². The van der Waals surface area contributed by atoms with Crippen molar-refractivity contribution in [3.05, 3.63) is 64.4 Å². The van der Waals surface area contributed by atoms with Gasteiger partial charge in [0.05, 0.1) is 11.3 Å². The minimum absolute atomic E-state index is 0.147. The number of hydrogen-bond donors (Lipinski definition) is 0. The first-order valence-corrected chi connectivity index (χ1v) is 11.0. The maximum atomic E-state index is 14.1. The van der Waals surface area contributed by atoms with Gasteiger partial charge >= 0.3 is 0 Å². The molecule has 0 aromatic heterocycles. The molecule has 2 aromatic carbocycles. The Bertz CT molecular complexity index is 1010. The van der Waals surface area contributed by atoms with Crippen molar-refractivity contribution in [2.24, 2.45) is 0 Å². The van der Waals surface area contributed by atoms with Gasteiger partial charge in [0.1, 0.15) is 11.9 Å². The Morgan fingerprint density at radius 1 is 1.14 bits per heavy atom. The Kier molecular flexibility index (Phi) is 6.75. The normalized spacial score (nSPS) is 15.9. The molecule has 154 valence electrons. The molecule has 2 aromatic rings. The van der Waals surface area contributed by atoms with E-state index in [0.29, 0.717) is 31.6 Å². The van der Waals surface area contributed by atoms with Crippen molar-refractivity contribution in [2.45, 2.75) is 13.0 Å². The highest BCUT2D eigenvalue weighted by atomic mass is 35.5. The Labute approximate surface area is 175 Å². The topological polar surface area (TPSA) is 67.7 Å². The second-order valence-corrected chi connectivity index (χ2v) is 9.28. The molecule has 1 aliphatic heterocycles. The predicted octanol–water partition coefficient (Wildman–Crippen LogP) is 3.24. The van der Waals surface area contributed by atoms with Crippen LogP contribution in [0.3, 0.4) is 0 Å². The van der Waals surface area contributed by atoms with Gasteiger partial charge in [-0.3, -0.25) is 0 Å². The third-order valence-corrected chi connectivity index (χ3v) is 7.27. The summed E-state index contributed by atoms with van der Waals surface area (Å²) in [5.41, 5.74) is 1.52. The minimum atomic E-state index is -3.79. The molecule has 0 N–H and O–H groups in total. The van der Waals surface area contributed by atoms with Gasteiger partial charge in [0.25, 0.3) is 10.2 Å². The third kappa shape index (κ3) is 4.70. The van der Waals surface area contributed by atoms with Crippen molar-refractivity contribution in [1.82, 2.24) is 8.61 Å². The van der Waals surface area contributed by atoms with Gasteiger partial charge in [0.15, 0.2) is 0 Å². The lowest BCUT2D eigenvalue weighted by Gasteiger charge is -2.27. The molecule has 3 rings (SSSR count). The molecule has 1 fully saturated rings. The Morgan fingerprint density at radius 3 is 2.62 bits per heavy atom. The van der Waals surface area contributed by atoms with Crippen molar-refractivity contribution in [3.8, 4) is 6.07 Å². The molecule has 0 radical (unpaired) electrons. The van der Waals surface area contributed by atoms with E-state index in [0.717, 1.165) is 9.99 Å². The first-order valence-electron chi connectivity index (χ1n) is 9.23. The van der Waals surface area contributed by atoms with E-state index < -0.39 is 16.0 Å². The molecule has 29 heavy (non-hydrogen) atoms. The number of nitrogens with zero attached hydrogens (tertiary/aromatic N) is 4. The third-order valence-electron chi connectivity index (χ3n) is 4.98. The zero-order valence-corrected chi connectivity index (χ0v) is 17.6. The fraction of sp³-hybridized carbons (Fsp3) is 0.350. The van der Waals surface area contributed by atoms with Crippen LogP contribution in [0.25, 0.3) is 0 Å². The Hall–Kier alpha value is -2.18. The molecule has 0 spiro atoms. The van der Waals surface area contributed by atoms with Gasteiger partial charge in [-0.1, -0.05) is 29.8 Å². The average Bonchev–Trinajstić information content (AvgIpc) is 2.97. The largest absolute Gasteiger partial charge is 0.369 e. The van der Waals surface area contributed by atoms with Crippen molar-refractivity contribution >= 4 is 27.5 Å². The summed E-state index contributed by atoms with van der Waals surface area (Å²) in [6.07, 6.45) is 0.618. The number of rotatable bonds is 5. The Balaban J connectivity index is 1.74. The van der Waals surface area contributed by atoms with Crippen molar-refractivity contribution in [2.75, 3.05) is 38.1 Å². The molecule has 9 heteroatoms. The van der Waals surface area contributed by atoms with Gasteiger partial charge in [-0.05, 0) is 30.7 Å². The van der Waals surface area contributed by atoms with E-state index in [1.54, 1.807) is 12.1 Å². The summed E-state index contributed by atoms with van der Waals surface area (Å²) in [7, 11) is -2.37. The highest BCUT2D eigenvalue weighted by molar-refractivity contribution is 7.86. The number of halogens is 2. The highest BCUT2D eigenvalue weighted by Gasteiger charge is 2.30. The lowest BCUT2D eigenvalue weighted by Crippen LogP contribution is -2.43. The van der Waals surface area contributed by atoms with Gasteiger partial charge < -0.3 is 4.90 Å². The van der Waals surface area contributed by atoms with E-state index in [2.05, 4.69) is 6.07 Å². The molecule has 1 aliphatic rings. The summed E-state index contributed by atoms with van der Waals surface area (Å²) in [5.74, 6) is -0.533. The molecule has 0 saturated carbocycles. The second kappa shape index (κ2) is 9.09. The lowest BCUT2D eigenvalue weighted by molar-refractivity contribution is 0.366. The lowest BCUT2D eigenvalue weighted by atomic mass is 10.1. The summed E-state index contributed by atoms with van der Waals surface area (Å²) < 4.78 is 42.7. The minimum Gasteiger partial charge on any atom is -0.369 e. The molecule has 0 unspecified atom stereocenters. The SMILES string of the molecule is CN(Cc1c(F)cccc1Cl)S(=O)(=O)N1CCCN(c2ccccc2C#N)CC1. The molecule has 0 amide bonds. The van der Waals surface area contributed by atoms with E-state index >= 15 is 0 Å². The van der Waals surface area contributed by atoms with Crippen molar-refractivity contribution in [3.63, 3.8) is 0 Å². The van der Waals surface area contributed by atoms with Crippen LogP contribution in [0, 0.1) is 17.1 Å². The predicted molar refractivity (Wildman–Crippen MR) is 111 cm³/mol. The summed E-state index contributed by atoms with van der Waals surface area (Å²) in [4.78, 5) is 2.03. The smallest absolute Gasteiger partial charge is 0.282 e. The molecule has 0 aliphatic carbocycles. The van der Waals surface area contributed by atoms with E-state index in [4.69, 9.17) is 11.6 Å². The van der Waals surface area contributed by atoms with Gasteiger partial charge in [-0.25, -0.2) is 4.39 Å². The van der Waals surface area contributed by atoms with Crippen LogP contribution in [0.15, 0.2) is 42.5 Å². The summed E-state index contributed by atoms with van der Waals surface area (Å²) in [6.45, 7) is 1.59. The number of para-hydroxylation sites is 1. The van der Waals surface area contributed by atoms with Gasteiger partial charge in [-0.2, -0.15) is 22.3 Å². The van der Waals surface area contributed by atoms with Gasteiger partial charge in [-0.15, -0.1) is 0 Å². The van der Waals surface area contributed by atoms with Crippen LogP contribution in [0.1, 0.15) is 17.5 Å². The molecular formula is C20H22ClFN4O2S. The molecular weight excluding hydrogens is 415 g/mol. The van der Waals surface area contributed by atoms with Crippen molar-refractivity contribution < 1.29 is 12.8 Å². The van der Waals surface area contributed by atoms with Gasteiger partial charge in [0.2, 0.25) is 0 Å². The van der Waals surface area contributed by atoms with Crippen LogP contribution < -0.4 is 4.90 Å². The fourth-order valence-corrected chi connectivity index (χ4v) is 4.98. The number of benzene rings is 2. The first-order chi connectivity index (χ1) is 13.8. The first kappa shape index (κ1) is 21.5. The van der Waals surface area contributed by atoms with Gasteiger partial charge in [0, 0.05) is 50.4 Å². The number of hydrogen-bond acceptors (Lipinski definition) is 4. The highest BCUT2D eigenvalue weighted by Crippen LogP contribution is 2.24. The van der Waals surface area contributed by atoms with Crippen molar-refractivity contribution in [1.29, 1.82) is 5.26 Å². The van der Waals surface area contributed by atoms with Crippen LogP contribution in [-0.4, -0.2) is 50.3 Å². The second-order valence-electron chi connectivity index (χ2n) is 6.83. The zero-order valence-electron chi connectivity index (χ0n) is 16.1. The molecule has 1 saturated heterocycles. The Morgan fingerprint density at radius 2 is 1.90 bits per heavy atom. The van der Waals surface area contributed by atoms with E-state index in [9.17, 15) is 18.1 Å². The van der Waals surface area contributed by atoms with Crippen LogP contribution in [0.2, 0.25) is 5.02 Å². The maximum absolute atomic E-state index is 14.1. The molecule has 6 nitrogen and oxygen atoms in total. The molecule has 0 bridgehead atoms. The maximum Gasteiger partial charge on any atom is 0.282 e. The van der Waals surface area contributed by atoms with Crippen LogP contribution >= 0.6 is 11.6 Å². The summed E-state index contributed by atoms with van der Waals surface area (Å²) >= 11 is 6.04. The van der Waals surface area contributed by atoms with E-state index in [1.807, 2.05) is 17.0 Å². The monoisotopic (exact) mass is 436 g/mol. The number of anilines is 1. The quantitative estimate of drug-likeness (QED) is 0.721. The van der Waals surface area contributed by atoms with Crippen LogP contribution in [0.5, 0.6) is 0 Å². The molecule has 1 heterocycles.